The monoisotopic (exact) mass is 335 g/mol. The first-order valence-electron chi connectivity index (χ1n) is 8.14. The van der Waals surface area contributed by atoms with Gasteiger partial charge in [0, 0.05) is 28.8 Å². The molecule has 0 atom stereocenters. The second-order valence-corrected chi connectivity index (χ2v) is 6.52. The summed E-state index contributed by atoms with van der Waals surface area (Å²) in [5.41, 5.74) is 2.62. The molecule has 2 N–H and O–H groups in total. The molecule has 126 valence electrons. The Morgan fingerprint density at radius 1 is 1.12 bits per heavy atom. The summed E-state index contributed by atoms with van der Waals surface area (Å²) in [6.07, 6.45) is 1.18. The van der Waals surface area contributed by atoms with Gasteiger partial charge in [-0.3, -0.25) is 0 Å². The SMILES string of the molecule is Cc1ccccc1-c1cc(=O)oc2cc(NC3(C(=O)O)CC3)ccc12. The molecular weight excluding hydrogens is 318 g/mol. The van der Waals surface area contributed by atoms with Crippen LogP contribution in [0.15, 0.2) is 57.7 Å². The number of rotatable bonds is 4. The van der Waals surface area contributed by atoms with Gasteiger partial charge in [0.15, 0.2) is 0 Å². The summed E-state index contributed by atoms with van der Waals surface area (Å²) in [5, 5.41) is 13.2. The maximum absolute atomic E-state index is 12.0. The zero-order chi connectivity index (χ0) is 17.6. The average Bonchev–Trinajstić information content (AvgIpc) is 3.35. The predicted molar refractivity (Wildman–Crippen MR) is 95.9 cm³/mol. The number of fused-ring (bicyclic) bond motifs is 1. The Kier molecular flexibility index (Phi) is 3.39. The highest BCUT2D eigenvalue weighted by Gasteiger charge is 2.50. The number of hydrogen-bond acceptors (Lipinski definition) is 4. The van der Waals surface area contributed by atoms with Gasteiger partial charge in [0.2, 0.25) is 0 Å². The van der Waals surface area contributed by atoms with Gasteiger partial charge in [-0.2, -0.15) is 0 Å². The molecule has 5 heteroatoms. The van der Waals surface area contributed by atoms with E-state index in [1.165, 1.54) is 6.07 Å². The van der Waals surface area contributed by atoms with Crippen LogP contribution in [0.5, 0.6) is 0 Å². The number of nitrogens with one attached hydrogen (secondary N) is 1. The van der Waals surface area contributed by atoms with Crippen molar-refractivity contribution in [3.63, 3.8) is 0 Å². The van der Waals surface area contributed by atoms with Crippen LogP contribution in [0.3, 0.4) is 0 Å². The molecule has 0 radical (unpaired) electrons. The summed E-state index contributed by atoms with van der Waals surface area (Å²) in [6.45, 7) is 2.00. The van der Waals surface area contributed by atoms with Crippen LogP contribution in [0.4, 0.5) is 5.69 Å². The van der Waals surface area contributed by atoms with E-state index in [0.717, 1.165) is 22.1 Å². The van der Waals surface area contributed by atoms with Crippen molar-refractivity contribution in [1.82, 2.24) is 0 Å². The van der Waals surface area contributed by atoms with Crippen LogP contribution >= 0.6 is 0 Å². The zero-order valence-electron chi connectivity index (χ0n) is 13.7. The van der Waals surface area contributed by atoms with Crippen LogP contribution in [-0.2, 0) is 4.79 Å². The van der Waals surface area contributed by atoms with Crippen LogP contribution in [-0.4, -0.2) is 16.6 Å². The second kappa shape index (κ2) is 5.48. The van der Waals surface area contributed by atoms with Crippen molar-refractivity contribution in [2.24, 2.45) is 0 Å². The van der Waals surface area contributed by atoms with Gasteiger partial charge in [-0.15, -0.1) is 0 Å². The van der Waals surface area contributed by atoms with Crippen molar-refractivity contribution in [3.8, 4) is 11.1 Å². The maximum Gasteiger partial charge on any atom is 0.336 e. The molecule has 1 aromatic heterocycles. The van der Waals surface area contributed by atoms with Crippen molar-refractivity contribution in [2.45, 2.75) is 25.3 Å². The standard InChI is InChI=1S/C20H17NO4/c1-12-4-2-3-5-14(12)16-11-18(22)25-17-10-13(6-7-15(16)17)21-20(8-9-20)19(23)24/h2-7,10-11,21H,8-9H2,1H3,(H,23,24). The highest BCUT2D eigenvalue weighted by molar-refractivity contribution is 5.96. The van der Waals surface area contributed by atoms with Crippen molar-refractivity contribution in [2.75, 3.05) is 5.32 Å². The van der Waals surface area contributed by atoms with Gasteiger partial charge in [-0.25, -0.2) is 9.59 Å². The molecule has 1 heterocycles. The molecular formula is C20H17NO4. The lowest BCUT2D eigenvalue weighted by molar-refractivity contribution is -0.138. The van der Waals surface area contributed by atoms with E-state index < -0.39 is 17.1 Å². The Labute approximate surface area is 143 Å². The number of aliphatic carboxylic acids is 1. The highest BCUT2D eigenvalue weighted by Crippen LogP contribution is 2.40. The third-order valence-corrected chi connectivity index (χ3v) is 4.72. The molecule has 0 saturated heterocycles. The fraction of sp³-hybridized carbons (Fsp3) is 0.200. The highest BCUT2D eigenvalue weighted by atomic mass is 16.4. The summed E-state index contributed by atoms with van der Waals surface area (Å²) < 4.78 is 5.36. The number of aryl methyl sites for hydroxylation is 1. The Balaban J connectivity index is 1.83. The van der Waals surface area contributed by atoms with Crippen LogP contribution in [0.25, 0.3) is 22.1 Å². The first-order valence-corrected chi connectivity index (χ1v) is 8.14. The number of carbonyl (C=O) groups is 1. The molecule has 25 heavy (non-hydrogen) atoms. The molecule has 0 unspecified atom stereocenters. The largest absolute Gasteiger partial charge is 0.480 e. The second-order valence-electron chi connectivity index (χ2n) is 6.52. The van der Waals surface area contributed by atoms with Crippen LogP contribution in [0.1, 0.15) is 18.4 Å². The van der Waals surface area contributed by atoms with Crippen molar-refractivity contribution < 1.29 is 14.3 Å². The summed E-state index contributed by atoms with van der Waals surface area (Å²) in [7, 11) is 0. The molecule has 1 aliphatic rings. The molecule has 0 aliphatic heterocycles. The lowest BCUT2D eigenvalue weighted by atomic mass is 9.98. The molecule has 1 saturated carbocycles. The van der Waals surface area contributed by atoms with Gasteiger partial charge in [0.25, 0.3) is 0 Å². The summed E-state index contributed by atoms with van der Waals surface area (Å²) in [6, 6.07) is 14.7. The number of carboxylic acids is 1. The topological polar surface area (TPSA) is 79.5 Å². The molecule has 0 bridgehead atoms. The third kappa shape index (κ3) is 2.67. The summed E-state index contributed by atoms with van der Waals surface area (Å²) in [4.78, 5) is 23.4. The van der Waals surface area contributed by atoms with Gasteiger partial charge in [-0.05, 0) is 43.0 Å². The van der Waals surface area contributed by atoms with E-state index in [1.54, 1.807) is 6.07 Å². The minimum Gasteiger partial charge on any atom is -0.480 e. The maximum atomic E-state index is 12.0. The van der Waals surface area contributed by atoms with E-state index >= 15 is 0 Å². The Bertz CT molecular complexity index is 1050. The Hall–Kier alpha value is -3.08. The smallest absolute Gasteiger partial charge is 0.336 e. The van der Waals surface area contributed by atoms with E-state index in [2.05, 4.69) is 5.32 Å². The van der Waals surface area contributed by atoms with Gasteiger partial charge < -0.3 is 14.8 Å². The minimum absolute atomic E-state index is 0.428. The Morgan fingerprint density at radius 3 is 2.56 bits per heavy atom. The molecule has 3 aromatic rings. The van der Waals surface area contributed by atoms with Crippen molar-refractivity contribution in [1.29, 1.82) is 0 Å². The van der Waals surface area contributed by atoms with Crippen LogP contribution < -0.4 is 10.9 Å². The van der Waals surface area contributed by atoms with Gasteiger partial charge in [-0.1, -0.05) is 24.3 Å². The van der Waals surface area contributed by atoms with Gasteiger partial charge in [0.05, 0.1) is 0 Å². The third-order valence-electron chi connectivity index (χ3n) is 4.72. The lowest BCUT2D eigenvalue weighted by Gasteiger charge is -2.15. The van der Waals surface area contributed by atoms with E-state index in [1.807, 2.05) is 43.3 Å². The summed E-state index contributed by atoms with van der Waals surface area (Å²) >= 11 is 0. The van der Waals surface area contributed by atoms with Gasteiger partial charge in [0.1, 0.15) is 11.1 Å². The summed E-state index contributed by atoms with van der Waals surface area (Å²) in [5.74, 6) is -0.859. The molecule has 2 aromatic carbocycles. The number of carboxylic acid groups (broad SMARTS) is 1. The molecule has 1 aliphatic carbocycles. The molecule has 1 fully saturated rings. The average molecular weight is 335 g/mol. The van der Waals surface area contributed by atoms with E-state index in [9.17, 15) is 14.7 Å². The van der Waals surface area contributed by atoms with E-state index in [4.69, 9.17) is 4.42 Å². The molecule has 4 rings (SSSR count). The van der Waals surface area contributed by atoms with E-state index in [0.29, 0.717) is 24.1 Å². The van der Waals surface area contributed by atoms with Crippen LogP contribution in [0, 0.1) is 6.92 Å². The quantitative estimate of drug-likeness (QED) is 0.709. The number of benzene rings is 2. The predicted octanol–water partition coefficient (Wildman–Crippen LogP) is 3.80. The molecule has 0 amide bonds. The lowest BCUT2D eigenvalue weighted by Crippen LogP contribution is -2.31. The molecule has 5 nitrogen and oxygen atoms in total. The first kappa shape index (κ1) is 15.4. The van der Waals surface area contributed by atoms with Gasteiger partial charge >= 0.3 is 11.6 Å². The fourth-order valence-corrected chi connectivity index (χ4v) is 3.13. The Morgan fingerprint density at radius 2 is 1.88 bits per heavy atom. The minimum atomic E-state index is -0.887. The number of anilines is 1. The fourth-order valence-electron chi connectivity index (χ4n) is 3.13. The normalized spacial score (nSPS) is 15.1. The van der Waals surface area contributed by atoms with Crippen LogP contribution in [0.2, 0.25) is 0 Å². The number of hydrogen-bond donors (Lipinski definition) is 2. The van der Waals surface area contributed by atoms with Crippen molar-refractivity contribution >= 4 is 22.6 Å². The van der Waals surface area contributed by atoms with E-state index in [-0.39, 0.29) is 0 Å². The zero-order valence-corrected chi connectivity index (χ0v) is 13.7. The van der Waals surface area contributed by atoms with Crippen molar-refractivity contribution in [3.05, 3.63) is 64.5 Å². The first-order chi connectivity index (χ1) is 12.0. The molecule has 0 spiro atoms.